The minimum atomic E-state index is -4.69. The van der Waals surface area contributed by atoms with Gasteiger partial charge in [-0.1, -0.05) is 48.5 Å². The number of nitrogens with zero attached hydrogens (tertiary/aromatic N) is 3. The molecule has 0 fully saturated rings. The summed E-state index contributed by atoms with van der Waals surface area (Å²) in [5.74, 6) is -1.14. The van der Waals surface area contributed by atoms with E-state index in [9.17, 15) is 22.4 Å². The summed E-state index contributed by atoms with van der Waals surface area (Å²) in [6.45, 7) is -0.479. The fourth-order valence-electron chi connectivity index (χ4n) is 3.52. The minimum absolute atomic E-state index is 0.0147. The second-order valence-corrected chi connectivity index (χ2v) is 7.46. The molecule has 9 heteroatoms. The molecule has 4 rings (SSSR count). The average molecular weight is 457 g/mol. The smallest absolute Gasteiger partial charge is 0.417 e. The van der Waals surface area contributed by atoms with E-state index in [4.69, 9.17) is 4.74 Å². The van der Waals surface area contributed by atoms with Crippen LogP contribution in [0.4, 0.5) is 17.6 Å². The Bertz CT molecular complexity index is 1300. The Morgan fingerprint density at radius 2 is 1.76 bits per heavy atom. The van der Waals surface area contributed by atoms with Gasteiger partial charge in [-0.15, -0.1) is 0 Å². The molecule has 0 unspecified atom stereocenters. The third-order valence-corrected chi connectivity index (χ3v) is 5.13. The van der Waals surface area contributed by atoms with Crippen LogP contribution in [0.3, 0.4) is 0 Å². The second-order valence-electron chi connectivity index (χ2n) is 7.46. The lowest BCUT2D eigenvalue weighted by molar-refractivity contribution is -0.136. The highest BCUT2D eigenvalue weighted by Gasteiger charge is 2.36. The van der Waals surface area contributed by atoms with Crippen LogP contribution in [-0.2, 0) is 24.4 Å². The summed E-state index contributed by atoms with van der Waals surface area (Å²) < 4.78 is 62.0. The van der Waals surface area contributed by atoms with Gasteiger partial charge in [0.25, 0.3) is 0 Å². The molecule has 0 atom stereocenters. The van der Waals surface area contributed by atoms with Crippen molar-refractivity contribution in [3.63, 3.8) is 0 Å². The number of ketones is 1. The molecule has 0 aliphatic heterocycles. The van der Waals surface area contributed by atoms with Crippen LogP contribution in [0, 0.1) is 5.82 Å². The molecule has 170 valence electrons. The molecule has 0 N–H and O–H groups in total. The van der Waals surface area contributed by atoms with E-state index < -0.39 is 24.2 Å². The first kappa shape index (κ1) is 22.4. The SMILES string of the molecule is Cn1nc(-c2ccccc2)c2c(C(F)(F)F)cc(OCC(=O)CCc3ccccc3F)nc21. The molecule has 0 spiro atoms. The van der Waals surface area contributed by atoms with Gasteiger partial charge in [0.2, 0.25) is 5.88 Å². The van der Waals surface area contributed by atoms with Crippen LogP contribution >= 0.6 is 0 Å². The van der Waals surface area contributed by atoms with E-state index in [0.29, 0.717) is 11.1 Å². The van der Waals surface area contributed by atoms with Gasteiger partial charge in [0.1, 0.15) is 18.1 Å². The Labute approximate surface area is 186 Å². The van der Waals surface area contributed by atoms with E-state index in [0.717, 1.165) is 6.07 Å². The monoisotopic (exact) mass is 457 g/mol. The lowest BCUT2D eigenvalue weighted by Gasteiger charge is -2.12. The number of pyridine rings is 1. The first-order valence-corrected chi connectivity index (χ1v) is 10.1. The topological polar surface area (TPSA) is 57.0 Å². The number of Topliss-reactive ketones (excluding diaryl/α,β-unsaturated/α-hetero) is 1. The fourth-order valence-corrected chi connectivity index (χ4v) is 3.52. The third-order valence-electron chi connectivity index (χ3n) is 5.13. The van der Waals surface area contributed by atoms with Gasteiger partial charge < -0.3 is 4.74 Å². The summed E-state index contributed by atoms with van der Waals surface area (Å²) in [4.78, 5) is 16.4. The van der Waals surface area contributed by atoms with Crippen molar-refractivity contribution < 1.29 is 27.1 Å². The van der Waals surface area contributed by atoms with Crippen LogP contribution in [0.5, 0.6) is 5.88 Å². The molecule has 5 nitrogen and oxygen atoms in total. The van der Waals surface area contributed by atoms with Crippen LogP contribution in [0.25, 0.3) is 22.3 Å². The third kappa shape index (κ3) is 4.87. The normalized spacial score (nSPS) is 11.7. The van der Waals surface area contributed by atoms with Crippen molar-refractivity contribution in [1.29, 1.82) is 0 Å². The van der Waals surface area contributed by atoms with Gasteiger partial charge in [0.05, 0.1) is 10.9 Å². The molecule has 33 heavy (non-hydrogen) atoms. The number of fused-ring (bicyclic) bond motifs is 1. The standard InChI is InChI=1S/C24H19F4N3O2/c1-31-23-21(22(30-31)16-8-3-2-4-9-16)18(24(26,27)28)13-20(29-23)33-14-17(32)12-11-15-7-5-6-10-19(15)25/h2-10,13H,11-12,14H2,1H3. The van der Waals surface area contributed by atoms with Gasteiger partial charge in [0.15, 0.2) is 11.4 Å². The van der Waals surface area contributed by atoms with Crippen molar-refractivity contribution in [2.24, 2.45) is 7.05 Å². The van der Waals surface area contributed by atoms with Crippen molar-refractivity contribution >= 4 is 16.8 Å². The van der Waals surface area contributed by atoms with Crippen molar-refractivity contribution in [3.8, 4) is 17.1 Å². The van der Waals surface area contributed by atoms with Gasteiger partial charge in [-0.2, -0.15) is 23.3 Å². The second kappa shape index (κ2) is 9.01. The first-order valence-electron chi connectivity index (χ1n) is 10.1. The van der Waals surface area contributed by atoms with E-state index in [1.54, 1.807) is 48.5 Å². The zero-order valence-electron chi connectivity index (χ0n) is 17.6. The number of aryl methyl sites for hydroxylation is 2. The zero-order valence-corrected chi connectivity index (χ0v) is 17.6. The lowest BCUT2D eigenvalue weighted by Crippen LogP contribution is -2.14. The van der Waals surface area contributed by atoms with E-state index in [1.807, 2.05) is 0 Å². The molecule has 0 aliphatic carbocycles. The number of carbonyl (C=O) groups is 1. The molecular formula is C24H19F4N3O2. The Kier molecular flexibility index (Phi) is 6.13. The first-order chi connectivity index (χ1) is 15.7. The van der Waals surface area contributed by atoms with Crippen LogP contribution < -0.4 is 4.74 Å². The molecule has 2 heterocycles. The Morgan fingerprint density at radius 3 is 2.45 bits per heavy atom. The maximum absolute atomic E-state index is 13.9. The number of rotatable bonds is 7. The van der Waals surface area contributed by atoms with Crippen molar-refractivity contribution in [1.82, 2.24) is 14.8 Å². The highest BCUT2D eigenvalue weighted by atomic mass is 19.4. The summed E-state index contributed by atoms with van der Waals surface area (Å²) in [5.41, 5.74) is 0.0895. The van der Waals surface area contributed by atoms with Crippen molar-refractivity contribution in [2.45, 2.75) is 19.0 Å². The number of aromatic nitrogens is 3. The molecule has 2 aromatic heterocycles. The van der Waals surface area contributed by atoms with Crippen LogP contribution in [0.2, 0.25) is 0 Å². The number of benzene rings is 2. The lowest BCUT2D eigenvalue weighted by atomic mass is 10.0. The number of carbonyl (C=O) groups excluding carboxylic acids is 1. The Hall–Kier alpha value is -3.75. The quantitative estimate of drug-likeness (QED) is 0.350. The number of hydrogen-bond donors (Lipinski definition) is 0. The molecular weight excluding hydrogens is 438 g/mol. The summed E-state index contributed by atoms with van der Waals surface area (Å²) in [6, 6.07) is 15.4. The minimum Gasteiger partial charge on any atom is -0.470 e. The molecule has 2 aromatic carbocycles. The van der Waals surface area contributed by atoms with E-state index in [2.05, 4.69) is 10.1 Å². The van der Waals surface area contributed by atoms with Gasteiger partial charge in [0, 0.05) is 25.1 Å². The van der Waals surface area contributed by atoms with Crippen LogP contribution in [0.1, 0.15) is 17.5 Å². The molecule has 0 saturated heterocycles. The molecule has 0 bridgehead atoms. The zero-order chi connectivity index (χ0) is 23.6. The van der Waals surface area contributed by atoms with E-state index in [1.165, 1.54) is 17.8 Å². The maximum Gasteiger partial charge on any atom is 0.417 e. The van der Waals surface area contributed by atoms with Gasteiger partial charge in [-0.3, -0.25) is 4.79 Å². The predicted octanol–water partition coefficient (Wildman–Crippen LogP) is 5.37. The van der Waals surface area contributed by atoms with Gasteiger partial charge in [-0.05, 0) is 18.1 Å². The summed E-state index contributed by atoms with van der Waals surface area (Å²) in [7, 11) is 1.49. The highest BCUT2D eigenvalue weighted by Crippen LogP contribution is 2.40. The Morgan fingerprint density at radius 1 is 1.06 bits per heavy atom. The molecule has 4 aromatic rings. The number of hydrogen-bond acceptors (Lipinski definition) is 4. The predicted molar refractivity (Wildman–Crippen MR) is 114 cm³/mol. The highest BCUT2D eigenvalue weighted by molar-refractivity contribution is 5.94. The van der Waals surface area contributed by atoms with Gasteiger partial charge in [-0.25, -0.2) is 9.07 Å². The Balaban J connectivity index is 1.59. The van der Waals surface area contributed by atoms with Crippen LogP contribution in [-0.4, -0.2) is 27.2 Å². The van der Waals surface area contributed by atoms with Crippen LogP contribution in [0.15, 0.2) is 60.7 Å². The molecule has 0 amide bonds. The largest absolute Gasteiger partial charge is 0.470 e. The number of halogens is 4. The summed E-state index contributed by atoms with van der Waals surface area (Å²) in [6.07, 6.45) is -4.54. The summed E-state index contributed by atoms with van der Waals surface area (Å²) >= 11 is 0. The molecule has 0 aliphatic rings. The summed E-state index contributed by atoms with van der Waals surface area (Å²) in [5, 5.41) is 4.09. The molecule has 0 saturated carbocycles. The number of alkyl halides is 3. The fraction of sp³-hybridized carbons (Fsp3) is 0.208. The van der Waals surface area contributed by atoms with Gasteiger partial charge >= 0.3 is 6.18 Å². The average Bonchev–Trinajstić information content (AvgIpc) is 3.13. The molecule has 0 radical (unpaired) electrons. The number of ether oxygens (including phenoxy) is 1. The van der Waals surface area contributed by atoms with Crippen molar-refractivity contribution in [3.05, 3.63) is 77.6 Å². The maximum atomic E-state index is 13.9. The van der Waals surface area contributed by atoms with E-state index in [-0.39, 0.29) is 41.2 Å². The van der Waals surface area contributed by atoms with E-state index >= 15 is 0 Å². The van der Waals surface area contributed by atoms with Crippen molar-refractivity contribution in [2.75, 3.05) is 6.61 Å².